The molecule has 1 heterocycles. The second kappa shape index (κ2) is 4.56. The third-order valence-electron chi connectivity index (χ3n) is 3.38. The Labute approximate surface area is 122 Å². The molecule has 0 amide bonds. The molecule has 0 atom stereocenters. The highest BCUT2D eigenvalue weighted by molar-refractivity contribution is 7.91. The zero-order valence-electron chi connectivity index (χ0n) is 11.2. The Morgan fingerprint density at radius 1 is 1.14 bits per heavy atom. The highest BCUT2D eigenvalue weighted by Crippen LogP contribution is 2.35. The smallest absolute Gasteiger partial charge is 0.330 e. The lowest BCUT2D eigenvalue weighted by molar-refractivity contribution is 0.392. The number of phenolic OH excluding ortho intramolecular Hbond substituents is 1. The molecule has 0 aliphatic carbocycles. The standard InChI is InChI=1S/C14H14N2O4S/c1-2-9-3-4-10-7-13(17)12(6-11(10)5-9)16-8-14(18)15-21(16,19)20/h3-8,15,17-18H,2H2,1H3. The van der Waals surface area contributed by atoms with Crippen LogP contribution in [-0.2, 0) is 16.6 Å². The number of hydrogen-bond acceptors (Lipinski definition) is 4. The molecule has 2 aromatic carbocycles. The van der Waals surface area contributed by atoms with E-state index in [9.17, 15) is 18.6 Å². The van der Waals surface area contributed by atoms with Crippen LogP contribution in [0.5, 0.6) is 5.75 Å². The van der Waals surface area contributed by atoms with Crippen LogP contribution in [0.1, 0.15) is 12.5 Å². The summed E-state index contributed by atoms with van der Waals surface area (Å²) < 4.78 is 26.5. The van der Waals surface area contributed by atoms with Gasteiger partial charge in [-0.15, -0.1) is 0 Å². The normalized spacial score (nSPS) is 16.8. The van der Waals surface area contributed by atoms with E-state index in [1.54, 1.807) is 6.07 Å². The van der Waals surface area contributed by atoms with Crippen LogP contribution in [0.3, 0.4) is 0 Å². The van der Waals surface area contributed by atoms with Crippen LogP contribution in [0, 0.1) is 0 Å². The zero-order valence-corrected chi connectivity index (χ0v) is 12.1. The van der Waals surface area contributed by atoms with Crippen molar-refractivity contribution < 1.29 is 18.6 Å². The number of aliphatic hydroxyl groups is 1. The van der Waals surface area contributed by atoms with Gasteiger partial charge in [-0.1, -0.05) is 25.1 Å². The van der Waals surface area contributed by atoms with Crippen molar-refractivity contribution in [1.82, 2.24) is 4.72 Å². The van der Waals surface area contributed by atoms with Gasteiger partial charge in [0.05, 0.1) is 6.20 Å². The summed E-state index contributed by atoms with van der Waals surface area (Å²) in [7, 11) is -3.92. The largest absolute Gasteiger partial charge is 0.506 e. The second-order valence-electron chi connectivity index (χ2n) is 4.79. The molecule has 0 saturated carbocycles. The van der Waals surface area contributed by atoms with Crippen molar-refractivity contribution in [2.75, 3.05) is 4.31 Å². The van der Waals surface area contributed by atoms with Crippen molar-refractivity contribution in [1.29, 1.82) is 0 Å². The van der Waals surface area contributed by atoms with Crippen molar-refractivity contribution in [3.8, 4) is 5.75 Å². The van der Waals surface area contributed by atoms with Gasteiger partial charge >= 0.3 is 10.2 Å². The van der Waals surface area contributed by atoms with E-state index in [-0.39, 0.29) is 11.4 Å². The number of nitrogens with one attached hydrogen (secondary N) is 1. The van der Waals surface area contributed by atoms with Gasteiger partial charge in [-0.05, 0) is 34.9 Å². The molecule has 0 aromatic heterocycles. The van der Waals surface area contributed by atoms with Crippen molar-refractivity contribution in [2.24, 2.45) is 0 Å². The van der Waals surface area contributed by atoms with Crippen molar-refractivity contribution in [2.45, 2.75) is 13.3 Å². The summed E-state index contributed by atoms with van der Waals surface area (Å²) in [5.74, 6) is -0.667. The second-order valence-corrected chi connectivity index (χ2v) is 6.34. The first-order chi connectivity index (χ1) is 9.90. The Kier molecular flexibility index (Phi) is 2.94. The number of aromatic hydroxyl groups is 1. The van der Waals surface area contributed by atoms with Gasteiger partial charge in [0.2, 0.25) is 5.88 Å². The summed E-state index contributed by atoms with van der Waals surface area (Å²) in [6, 6.07) is 8.86. The lowest BCUT2D eigenvalue weighted by atomic mass is 10.0. The quantitative estimate of drug-likeness (QED) is 0.792. The molecule has 3 rings (SSSR count). The maximum Gasteiger partial charge on any atom is 0.330 e. The van der Waals surface area contributed by atoms with E-state index in [4.69, 9.17) is 0 Å². The molecule has 3 N–H and O–H groups in total. The van der Waals surface area contributed by atoms with Crippen LogP contribution in [0.4, 0.5) is 5.69 Å². The first-order valence-electron chi connectivity index (χ1n) is 6.39. The van der Waals surface area contributed by atoms with E-state index in [2.05, 4.69) is 0 Å². The number of hydrogen-bond donors (Lipinski definition) is 3. The summed E-state index contributed by atoms with van der Waals surface area (Å²) >= 11 is 0. The Hall–Kier alpha value is -2.41. The minimum absolute atomic E-state index is 0.0901. The number of aliphatic hydroxyl groups excluding tert-OH is 1. The Morgan fingerprint density at radius 2 is 1.90 bits per heavy atom. The number of anilines is 1. The van der Waals surface area contributed by atoms with Crippen LogP contribution in [0.25, 0.3) is 10.8 Å². The fraction of sp³-hybridized carbons (Fsp3) is 0.143. The average molecular weight is 306 g/mol. The van der Waals surface area contributed by atoms with Gasteiger partial charge in [0.15, 0.2) is 0 Å². The summed E-state index contributed by atoms with van der Waals surface area (Å²) in [5, 5.41) is 21.0. The van der Waals surface area contributed by atoms with E-state index >= 15 is 0 Å². The van der Waals surface area contributed by atoms with Crippen LogP contribution in [0.2, 0.25) is 0 Å². The number of aryl methyl sites for hydroxylation is 1. The number of phenols is 1. The van der Waals surface area contributed by atoms with Crippen molar-refractivity contribution >= 4 is 26.7 Å². The highest BCUT2D eigenvalue weighted by Gasteiger charge is 2.30. The van der Waals surface area contributed by atoms with Gasteiger partial charge < -0.3 is 10.2 Å². The monoisotopic (exact) mass is 306 g/mol. The van der Waals surface area contributed by atoms with Crippen LogP contribution in [0.15, 0.2) is 42.4 Å². The van der Waals surface area contributed by atoms with Gasteiger partial charge in [-0.25, -0.2) is 9.03 Å². The van der Waals surface area contributed by atoms with Crippen LogP contribution >= 0.6 is 0 Å². The molecule has 110 valence electrons. The van der Waals surface area contributed by atoms with Gasteiger partial charge in [0, 0.05) is 0 Å². The summed E-state index contributed by atoms with van der Waals surface area (Å²) in [5.41, 5.74) is 1.20. The predicted octanol–water partition coefficient (Wildman–Crippen LogP) is 2.12. The maximum atomic E-state index is 11.9. The first kappa shape index (κ1) is 13.6. The molecule has 0 bridgehead atoms. The zero-order chi connectivity index (χ0) is 15.2. The number of rotatable bonds is 2. The number of nitrogens with zero attached hydrogens (tertiary/aromatic N) is 1. The molecule has 2 aromatic rings. The molecular weight excluding hydrogens is 292 g/mol. The molecular formula is C14H14N2O4S. The molecule has 21 heavy (non-hydrogen) atoms. The van der Waals surface area contributed by atoms with E-state index in [1.165, 1.54) is 6.07 Å². The predicted molar refractivity (Wildman–Crippen MR) is 80.2 cm³/mol. The third-order valence-corrected chi connectivity index (χ3v) is 4.66. The topological polar surface area (TPSA) is 89.9 Å². The lowest BCUT2D eigenvalue weighted by Crippen LogP contribution is -2.29. The molecule has 0 fully saturated rings. The van der Waals surface area contributed by atoms with E-state index in [0.29, 0.717) is 0 Å². The Balaban J connectivity index is 2.21. The van der Waals surface area contributed by atoms with E-state index in [0.717, 1.165) is 33.3 Å². The minimum Gasteiger partial charge on any atom is -0.506 e. The molecule has 1 aliphatic heterocycles. The molecule has 1 aliphatic rings. The average Bonchev–Trinajstić information content (AvgIpc) is 2.70. The fourth-order valence-corrected chi connectivity index (χ4v) is 3.37. The number of benzene rings is 2. The lowest BCUT2D eigenvalue weighted by Gasteiger charge is -2.16. The van der Waals surface area contributed by atoms with Gasteiger partial charge in [0.1, 0.15) is 11.4 Å². The minimum atomic E-state index is -3.92. The van der Waals surface area contributed by atoms with Crippen LogP contribution in [-0.4, -0.2) is 18.6 Å². The summed E-state index contributed by atoms with van der Waals surface area (Å²) in [4.78, 5) is 0. The van der Waals surface area contributed by atoms with Crippen molar-refractivity contribution in [3.63, 3.8) is 0 Å². The van der Waals surface area contributed by atoms with Gasteiger partial charge in [-0.2, -0.15) is 8.42 Å². The van der Waals surface area contributed by atoms with Crippen LogP contribution < -0.4 is 9.03 Å². The summed E-state index contributed by atoms with van der Waals surface area (Å²) in [6.07, 6.45) is 1.87. The first-order valence-corrected chi connectivity index (χ1v) is 7.83. The number of fused-ring (bicyclic) bond motifs is 1. The maximum absolute atomic E-state index is 11.9. The molecule has 6 nitrogen and oxygen atoms in total. The fourth-order valence-electron chi connectivity index (χ4n) is 2.31. The van der Waals surface area contributed by atoms with Crippen molar-refractivity contribution in [3.05, 3.63) is 48.0 Å². The molecule has 0 saturated heterocycles. The van der Waals surface area contributed by atoms with E-state index in [1.807, 2.05) is 29.8 Å². The van der Waals surface area contributed by atoms with Gasteiger partial charge in [-0.3, -0.25) is 0 Å². The van der Waals surface area contributed by atoms with Gasteiger partial charge in [0.25, 0.3) is 0 Å². The third kappa shape index (κ3) is 2.25. The molecule has 7 heteroatoms. The SMILES string of the molecule is CCc1ccc2cc(O)c(N3C=C(O)NS3(=O)=O)cc2c1. The molecule has 0 radical (unpaired) electrons. The summed E-state index contributed by atoms with van der Waals surface area (Å²) in [6.45, 7) is 2.03. The van der Waals surface area contributed by atoms with E-state index < -0.39 is 16.1 Å². The molecule has 0 spiro atoms. The Bertz CT molecular complexity index is 859. The molecule has 0 unspecified atom stereocenters. The highest BCUT2D eigenvalue weighted by atomic mass is 32.2. The Morgan fingerprint density at radius 3 is 2.52 bits per heavy atom.